The lowest BCUT2D eigenvalue weighted by atomic mass is 10.1. The van der Waals surface area contributed by atoms with Crippen molar-refractivity contribution in [1.29, 1.82) is 5.41 Å². The highest BCUT2D eigenvalue weighted by molar-refractivity contribution is 5.99. The van der Waals surface area contributed by atoms with Crippen molar-refractivity contribution in [2.75, 3.05) is 13.1 Å². The minimum Gasteiger partial charge on any atom is -0.354 e. The molecule has 2 amide bonds. The molecule has 0 aliphatic carbocycles. The van der Waals surface area contributed by atoms with Crippen LogP contribution < -0.4 is 21.4 Å². The molecular formula is C21H32N6O4. The van der Waals surface area contributed by atoms with E-state index in [9.17, 15) is 19.7 Å². The van der Waals surface area contributed by atoms with Gasteiger partial charge in [0, 0.05) is 18.7 Å². The number of nitrogens with zero attached hydrogens (tertiary/aromatic N) is 1. The summed E-state index contributed by atoms with van der Waals surface area (Å²) < 4.78 is 0. The molecule has 10 nitrogen and oxygen atoms in total. The Morgan fingerprint density at radius 1 is 1.13 bits per heavy atom. The maximum atomic E-state index is 12.6. The lowest BCUT2D eigenvalue weighted by Crippen LogP contribution is -2.47. The molecule has 170 valence electrons. The third-order valence-corrected chi connectivity index (χ3v) is 4.36. The van der Waals surface area contributed by atoms with E-state index < -0.39 is 17.0 Å². The molecule has 0 radical (unpaired) electrons. The second-order valence-corrected chi connectivity index (χ2v) is 7.55. The highest BCUT2D eigenvalue weighted by atomic mass is 16.7. The fraction of sp³-hybridized carbons (Fsp3) is 0.476. The van der Waals surface area contributed by atoms with Gasteiger partial charge in [-0.25, -0.2) is 10.1 Å². The molecule has 1 aromatic carbocycles. The third kappa shape index (κ3) is 11.4. The summed E-state index contributed by atoms with van der Waals surface area (Å²) >= 11 is 0. The molecule has 0 fully saturated rings. The van der Waals surface area contributed by atoms with Crippen molar-refractivity contribution in [3.63, 3.8) is 0 Å². The van der Waals surface area contributed by atoms with Gasteiger partial charge in [-0.15, -0.1) is 0 Å². The lowest BCUT2D eigenvalue weighted by molar-refractivity contribution is -0.525. The zero-order valence-corrected chi connectivity index (χ0v) is 18.2. The van der Waals surface area contributed by atoms with E-state index in [0.29, 0.717) is 30.9 Å². The Morgan fingerprint density at radius 2 is 1.81 bits per heavy atom. The summed E-state index contributed by atoms with van der Waals surface area (Å²) in [6, 6.07) is 8.65. The van der Waals surface area contributed by atoms with Gasteiger partial charge in [0.2, 0.25) is 11.8 Å². The molecular weight excluding hydrogens is 400 g/mol. The maximum Gasteiger partial charge on any atom is 0.251 e. The van der Waals surface area contributed by atoms with E-state index in [1.165, 1.54) is 0 Å². The van der Waals surface area contributed by atoms with Crippen molar-refractivity contribution in [3.8, 4) is 0 Å². The Kier molecular flexibility index (Phi) is 11.3. The molecule has 31 heavy (non-hydrogen) atoms. The van der Waals surface area contributed by atoms with Crippen molar-refractivity contribution >= 4 is 23.8 Å². The Labute approximate surface area is 182 Å². The monoisotopic (exact) mass is 432 g/mol. The van der Waals surface area contributed by atoms with Gasteiger partial charge in [-0.3, -0.25) is 15.0 Å². The average Bonchev–Trinajstić information content (AvgIpc) is 2.69. The predicted molar refractivity (Wildman–Crippen MR) is 120 cm³/mol. The van der Waals surface area contributed by atoms with Crippen molar-refractivity contribution in [2.24, 2.45) is 5.92 Å². The van der Waals surface area contributed by atoms with Gasteiger partial charge in [-0.05, 0) is 43.7 Å². The van der Waals surface area contributed by atoms with Gasteiger partial charge in [-0.2, -0.15) is 0 Å². The number of hydrogen-bond acceptors (Lipinski definition) is 5. The molecule has 0 aromatic heterocycles. The van der Waals surface area contributed by atoms with Crippen LogP contribution in [0.4, 0.5) is 0 Å². The molecule has 0 saturated heterocycles. The van der Waals surface area contributed by atoms with E-state index in [2.05, 4.69) is 29.8 Å². The first-order valence-corrected chi connectivity index (χ1v) is 10.2. The van der Waals surface area contributed by atoms with E-state index in [-0.39, 0.29) is 18.4 Å². The molecule has 10 heteroatoms. The Bertz CT molecular complexity index is 779. The van der Waals surface area contributed by atoms with Crippen LogP contribution >= 0.6 is 0 Å². The van der Waals surface area contributed by atoms with Gasteiger partial charge >= 0.3 is 0 Å². The molecule has 0 saturated carbocycles. The van der Waals surface area contributed by atoms with E-state index in [1.807, 2.05) is 30.3 Å². The standard InChI is InChI=1S/C21H32N6O4/c1-15(2)11-13-23-20(29)18(10-7-12-24-21(22)26-27(30)31)25-19(28)16(3)14-17-8-5-4-6-9-17/h4-6,8-9,14-15,18H,7,10-13H2,1-3H3,(H,23,29)(H,25,28)(H3,22,24,26)/b16-14+/t18-/m0/s1. The zero-order chi connectivity index (χ0) is 23.2. The van der Waals surface area contributed by atoms with Crippen LogP contribution in [0.3, 0.4) is 0 Å². The van der Waals surface area contributed by atoms with Crippen LogP contribution in [0.15, 0.2) is 35.9 Å². The SMILES string of the molecule is C/C(=C\c1ccccc1)C(=O)N[C@@H](CCCNC(=N)N[N+](=O)[O-])C(=O)NCCC(C)C. The number of hydrazine groups is 1. The summed E-state index contributed by atoms with van der Waals surface area (Å²) in [6.45, 7) is 6.55. The predicted octanol–water partition coefficient (Wildman–Crippen LogP) is 1.82. The van der Waals surface area contributed by atoms with Crippen LogP contribution in [-0.4, -0.2) is 41.9 Å². The van der Waals surface area contributed by atoms with E-state index in [0.717, 1.165) is 12.0 Å². The summed E-state index contributed by atoms with van der Waals surface area (Å²) in [7, 11) is 0. The number of nitro groups is 1. The van der Waals surface area contributed by atoms with Crippen LogP contribution in [0, 0.1) is 21.4 Å². The normalized spacial score (nSPS) is 12.1. The van der Waals surface area contributed by atoms with Crippen molar-refractivity contribution < 1.29 is 14.6 Å². The molecule has 1 rings (SSSR count). The fourth-order valence-electron chi connectivity index (χ4n) is 2.66. The molecule has 0 unspecified atom stereocenters. The number of guanidine groups is 1. The number of carbonyl (C=O) groups excluding carboxylic acids is 2. The van der Waals surface area contributed by atoms with Gasteiger partial charge < -0.3 is 16.0 Å². The number of rotatable bonds is 12. The second kappa shape index (κ2) is 13.7. The highest BCUT2D eigenvalue weighted by Gasteiger charge is 2.21. The number of hydrogen-bond donors (Lipinski definition) is 5. The first-order valence-electron chi connectivity index (χ1n) is 10.2. The van der Waals surface area contributed by atoms with Gasteiger partial charge in [0.05, 0.1) is 0 Å². The maximum absolute atomic E-state index is 12.6. The molecule has 0 aliphatic rings. The van der Waals surface area contributed by atoms with Gasteiger partial charge in [0.15, 0.2) is 5.03 Å². The smallest absolute Gasteiger partial charge is 0.251 e. The Morgan fingerprint density at radius 3 is 2.42 bits per heavy atom. The average molecular weight is 433 g/mol. The summed E-state index contributed by atoms with van der Waals surface area (Å²) in [5, 5.41) is 25.0. The lowest BCUT2D eigenvalue weighted by Gasteiger charge is -2.19. The number of carbonyl (C=O) groups is 2. The van der Waals surface area contributed by atoms with Crippen LogP contribution in [0.5, 0.6) is 0 Å². The number of amides is 2. The summed E-state index contributed by atoms with van der Waals surface area (Å²) in [4.78, 5) is 35.5. The first-order chi connectivity index (χ1) is 14.7. The van der Waals surface area contributed by atoms with Crippen LogP contribution in [-0.2, 0) is 9.59 Å². The molecule has 0 spiro atoms. The van der Waals surface area contributed by atoms with Gasteiger partial charge in [0.25, 0.3) is 5.96 Å². The molecule has 0 bridgehead atoms. The molecule has 0 heterocycles. The van der Waals surface area contributed by atoms with E-state index in [1.54, 1.807) is 18.4 Å². The minimum atomic E-state index is -0.831. The highest BCUT2D eigenvalue weighted by Crippen LogP contribution is 2.07. The number of nitrogens with one attached hydrogen (secondary N) is 5. The Hall–Kier alpha value is -3.43. The number of benzene rings is 1. The van der Waals surface area contributed by atoms with Crippen LogP contribution in [0.1, 0.15) is 45.6 Å². The molecule has 0 aliphatic heterocycles. The summed E-state index contributed by atoms with van der Waals surface area (Å²) in [5.41, 5.74) is 3.06. The van der Waals surface area contributed by atoms with Gasteiger partial charge in [0.1, 0.15) is 6.04 Å². The second-order valence-electron chi connectivity index (χ2n) is 7.55. The van der Waals surface area contributed by atoms with E-state index >= 15 is 0 Å². The quantitative estimate of drug-likeness (QED) is 0.0849. The minimum absolute atomic E-state index is 0.240. The summed E-state index contributed by atoms with van der Waals surface area (Å²) in [6.07, 6.45) is 3.31. The molecule has 1 aromatic rings. The first kappa shape index (κ1) is 25.6. The zero-order valence-electron chi connectivity index (χ0n) is 18.2. The van der Waals surface area contributed by atoms with Gasteiger partial charge in [-0.1, -0.05) is 49.6 Å². The summed E-state index contributed by atoms with van der Waals surface area (Å²) in [5.74, 6) is -0.620. The van der Waals surface area contributed by atoms with Crippen molar-refractivity contribution in [3.05, 3.63) is 51.6 Å². The third-order valence-electron chi connectivity index (χ3n) is 4.36. The molecule has 1 atom stereocenters. The van der Waals surface area contributed by atoms with E-state index in [4.69, 9.17) is 5.41 Å². The Balaban J connectivity index is 2.69. The van der Waals surface area contributed by atoms with Crippen molar-refractivity contribution in [2.45, 2.75) is 46.1 Å². The van der Waals surface area contributed by atoms with Crippen LogP contribution in [0.2, 0.25) is 0 Å². The van der Waals surface area contributed by atoms with Crippen LogP contribution in [0.25, 0.3) is 6.08 Å². The molecule has 5 N–H and O–H groups in total. The largest absolute Gasteiger partial charge is 0.354 e. The fourth-order valence-corrected chi connectivity index (χ4v) is 2.66. The topological polar surface area (TPSA) is 149 Å². The van der Waals surface area contributed by atoms with Crippen molar-refractivity contribution in [1.82, 2.24) is 21.4 Å².